The van der Waals surface area contributed by atoms with Crippen LogP contribution < -0.4 is 0 Å². The number of ether oxygens (including phenoxy) is 1. The first kappa shape index (κ1) is 16.1. The van der Waals surface area contributed by atoms with Crippen LogP contribution in [0.1, 0.15) is 36.0 Å². The summed E-state index contributed by atoms with van der Waals surface area (Å²) in [4.78, 5) is 12.8. The van der Waals surface area contributed by atoms with Gasteiger partial charge in [-0.25, -0.2) is 0 Å². The topological polar surface area (TPSA) is 26.3 Å². The average molecular weight is 437 g/mol. The molecular weight excluding hydrogens is 419 g/mol. The van der Waals surface area contributed by atoms with Crippen LogP contribution in [-0.2, 0) is 4.74 Å². The number of Topliss-reactive ketones (excluding diaryl/α,β-unsaturated/α-hetero) is 1. The number of hydrogen-bond acceptors (Lipinski definition) is 3. The molecule has 1 spiro atoms. The fourth-order valence-electron chi connectivity index (χ4n) is 3.23. The molecule has 0 bridgehead atoms. The largest absolute Gasteiger partial charge is 0.375 e. The van der Waals surface area contributed by atoms with Crippen molar-refractivity contribution in [2.75, 3.05) is 18.1 Å². The van der Waals surface area contributed by atoms with Gasteiger partial charge in [0.25, 0.3) is 0 Å². The fraction of sp³-hybridized carbons (Fsp3) is 0.562. The van der Waals surface area contributed by atoms with Crippen LogP contribution in [0.3, 0.4) is 0 Å². The minimum atomic E-state index is -0.0448. The monoisotopic (exact) mass is 436 g/mol. The third-order valence-corrected chi connectivity index (χ3v) is 7.03. The number of benzene rings is 1. The van der Waals surface area contributed by atoms with E-state index in [1.165, 1.54) is 0 Å². The van der Waals surface area contributed by atoms with Gasteiger partial charge in [-0.3, -0.25) is 4.79 Å². The normalized spacial score (nSPS) is 25.0. The Morgan fingerprint density at radius 1 is 1.38 bits per heavy atom. The number of rotatable bonds is 2. The van der Waals surface area contributed by atoms with Gasteiger partial charge in [0.2, 0.25) is 0 Å². The van der Waals surface area contributed by atoms with Gasteiger partial charge in [-0.2, -0.15) is 11.8 Å². The highest BCUT2D eigenvalue weighted by Crippen LogP contribution is 2.40. The van der Waals surface area contributed by atoms with Crippen molar-refractivity contribution in [3.8, 4) is 0 Å². The molecule has 21 heavy (non-hydrogen) atoms. The Labute approximate surface area is 148 Å². The lowest BCUT2D eigenvalue weighted by Crippen LogP contribution is -2.44. The molecule has 1 atom stereocenters. The molecule has 1 unspecified atom stereocenters. The summed E-state index contributed by atoms with van der Waals surface area (Å²) in [6.07, 6.45) is 3.86. The fourth-order valence-corrected chi connectivity index (χ4v) is 4.98. The Hall–Kier alpha value is 0.220. The third-order valence-electron chi connectivity index (χ3n) is 4.47. The van der Waals surface area contributed by atoms with E-state index in [1.54, 1.807) is 0 Å². The number of hydrogen-bond donors (Lipinski definition) is 0. The Morgan fingerprint density at radius 2 is 2.14 bits per heavy atom. The molecule has 0 saturated carbocycles. The van der Waals surface area contributed by atoms with Crippen LogP contribution in [0.4, 0.5) is 0 Å². The maximum absolute atomic E-state index is 12.8. The summed E-state index contributed by atoms with van der Waals surface area (Å²) in [5.41, 5.74) is 0.698. The van der Waals surface area contributed by atoms with Gasteiger partial charge >= 0.3 is 0 Å². The summed E-state index contributed by atoms with van der Waals surface area (Å²) >= 11 is 10.3. The van der Waals surface area contributed by atoms with Crippen molar-refractivity contribution in [2.45, 2.75) is 31.3 Å². The Morgan fingerprint density at radius 3 is 2.86 bits per heavy atom. The van der Waals surface area contributed by atoms with E-state index in [0.29, 0.717) is 11.6 Å². The van der Waals surface area contributed by atoms with E-state index < -0.39 is 0 Å². The summed E-state index contributed by atoms with van der Waals surface area (Å²) < 4.78 is 7.06. The molecule has 5 heteroatoms. The molecule has 0 radical (unpaired) electrons. The zero-order chi connectivity index (χ0) is 14.9. The summed E-state index contributed by atoms with van der Waals surface area (Å²) in [5.74, 6) is 2.61. The average Bonchev–Trinajstić information content (AvgIpc) is 2.50. The number of ketones is 1. The molecule has 2 aliphatic rings. The highest BCUT2D eigenvalue weighted by Gasteiger charge is 2.41. The van der Waals surface area contributed by atoms with Gasteiger partial charge in [0.1, 0.15) is 0 Å². The second kappa shape index (κ2) is 6.77. The van der Waals surface area contributed by atoms with Crippen LogP contribution in [0.5, 0.6) is 0 Å². The van der Waals surface area contributed by atoms with Gasteiger partial charge in [-0.05, 0) is 71.9 Å². The third kappa shape index (κ3) is 3.59. The van der Waals surface area contributed by atoms with E-state index in [9.17, 15) is 4.79 Å². The maximum atomic E-state index is 12.8. The number of halogens is 2. The van der Waals surface area contributed by atoms with Crippen LogP contribution in [0.2, 0.25) is 5.02 Å². The molecule has 0 N–H and O–H groups in total. The molecule has 0 aliphatic carbocycles. The molecule has 114 valence electrons. The minimum absolute atomic E-state index is 0.0448. The van der Waals surface area contributed by atoms with Gasteiger partial charge in [-0.15, -0.1) is 0 Å². The zero-order valence-electron chi connectivity index (χ0n) is 11.7. The second-order valence-corrected chi connectivity index (χ2v) is 8.62. The van der Waals surface area contributed by atoms with E-state index in [4.69, 9.17) is 16.3 Å². The molecule has 0 amide bonds. The summed E-state index contributed by atoms with van der Waals surface area (Å²) in [6.45, 7) is 0.708. The van der Waals surface area contributed by atoms with Crippen LogP contribution in [0.25, 0.3) is 0 Å². The molecule has 1 aromatic rings. The van der Waals surface area contributed by atoms with E-state index in [-0.39, 0.29) is 17.3 Å². The Kier molecular flexibility index (Phi) is 5.19. The van der Waals surface area contributed by atoms with Crippen molar-refractivity contribution in [3.63, 3.8) is 0 Å². The molecule has 2 fully saturated rings. The van der Waals surface area contributed by atoms with Crippen LogP contribution in [0, 0.1) is 9.49 Å². The van der Waals surface area contributed by atoms with Gasteiger partial charge < -0.3 is 4.74 Å². The SMILES string of the molecule is O=C(c1ccc(I)c(Cl)c1)C1CCOC2(CCSCC2)C1. The Balaban J connectivity index is 1.76. The molecule has 2 aliphatic heterocycles. The van der Waals surface area contributed by atoms with Crippen molar-refractivity contribution >= 4 is 51.7 Å². The number of thioether (sulfide) groups is 1. The smallest absolute Gasteiger partial charge is 0.166 e. The molecule has 2 saturated heterocycles. The van der Waals surface area contributed by atoms with Crippen molar-refractivity contribution in [1.29, 1.82) is 0 Å². The summed E-state index contributed by atoms with van der Waals surface area (Å²) in [5, 5.41) is 0.664. The van der Waals surface area contributed by atoms with Crippen molar-refractivity contribution in [3.05, 3.63) is 32.4 Å². The zero-order valence-corrected chi connectivity index (χ0v) is 15.5. The maximum Gasteiger partial charge on any atom is 0.166 e. The van der Waals surface area contributed by atoms with Crippen molar-refractivity contribution in [1.82, 2.24) is 0 Å². The van der Waals surface area contributed by atoms with E-state index in [0.717, 1.165) is 46.3 Å². The second-order valence-electron chi connectivity index (χ2n) is 5.83. The molecule has 1 aromatic carbocycles. The quantitative estimate of drug-likeness (QED) is 0.491. The lowest BCUT2D eigenvalue weighted by molar-refractivity contribution is -0.0959. The van der Waals surface area contributed by atoms with Crippen LogP contribution in [0.15, 0.2) is 18.2 Å². The van der Waals surface area contributed by atoms with Gasteiger partial charge in [-0.1, -0.05) is 17.7 Å². The first-order valence-corrected chi connectivity index (χ1v) is 9.92. The van der Waals surface area contributed by atoms with Crippen LogP contribution in [-0.4, -0.2) is 29.5 Å². The predicted octanol–water partition coefficient (Wildman–Crippen LogP) is 4.82. The minimum Gasteiger partial charge on any atom is -0.375 e. The van der Waals surface area contributed by atoms with Gasteiger partial charge in [0, 0.05) is 21.7 Å². The van der Waals surface area contributed by atoms with E-state index in [1.807, 2.05) is 30.0 Å². The van der Waals surface area contributed by atoms with Crippen molar-refractivity contribution in [2.24, 2.45) is 5.92 Å². The van der Waals surface area contributed by atoms with Crippen LogP contribution >= 0.6 is 46.0 Å². The lowest BCUT2D eigenvalue weighted by Gasteiger charge is -2.42. The molecule has 3 rings (SSSR count). The first-order valence-electron chi connectivity index (χ1n) is 7.31. The Bertz CT molecular complexity index is 538. The lowest BCUT2D eigenvalue weighted by atomic mass is 9.79. The molecule has 2 nitrogen and oxygen atoms in total. The molecular formula is C16H18ClIO2S. The predicted molar refractivity (Wildman–Crippen MR) is 96.5 cm³/mol. The van der Waals surface area contributed by atoms with E-state index in [2.05, 4.69) is 22.6 Å². The highest BCUT2D eigenvalue weighted by atomic mass is 127. The van der Waals surface area contributed by atoms with Gasteiger partial charge in [0.05, 0.1) is 10.6 Å². The number of carbonyl (C=O) groups excluding carboxylic acids is 1. The standard InChI is InChI=1S/C16H18ClIO2S/c17-13-9-11(1-2-14(13)18)15(19)12-3-6-20-16(10-12)4-7-21-8-5-16/h1-2,9,12H,3-8,10H2. The number of carbonyl (C=O) groups is 1. The van der Waals surface area contributed by atoms with Gasteiger partial charge in [0.15, 0.2) is 5.78 Å². The first-order chi connectivity index (χ1) is 10.1. The summed E-state index contributed by atoms with van der Waals surface area (Å²) in [6, 6.07) is 5.63. The molecule has 2 heterocycles. The highest BCUT2D eigenvalue weighted by molar-refractivity contribution is 14.1. The summed E-state index contributed by atoms with van der Waals surface area (Å²) in [7, 11) is 0. The molecule has 0 aromatic heterocycles. The van der Waals surface area contributed by atoms with E-state index >= 15 is 0 Å². The van der Waals surface area contributed by atoms with Crippen molar-refractivity contribution < 1.29 is 9.53 Å².